The van der Waals surface area contributed by atoms with Gasteiger partial charge in [0.25, 0.3) is 0 Å². The molecular formula is C36H37F3O6S2. The molecule has 250 valence electrons. The number of halogens is 3. The maximum atomic E-state index is 17.6. The number of rotatable bonds is 7. The Kier molecular flexibility index (Phi) is 8.75. The fourth-order valence-corrected chi connectivity index (χ4v) is 10.2. The number of fused-ring (bicyclic) bond motifs is 5. The van der Waals surface area contributed by atoms with Crippen LogP contribution >= 0.6 is 23.5 Å². The number of allylic oxidation sites excluding steroid dienone is 4. The summed E-state index contributed by atoms with van der Waals surface area (Å²) in [5.41, 5.74) is -7.45. The van der Waals surface area contributed by atoms with Crippen molar-refractivity contribution in [2.45, 2.75) is 78.3 Å². The topological polar surface area (TPSA) is 89.9 Å². The molecule has 1 N–H and O–H groups in total. The lowest BCUT2D eigenvalue weighted by Gasteiger charge is -2.63. The molecule has 0 aliphatic heterocycles. The molecule has 3 saturated carbocycles. The highest BCUT2D eigenvalue weighted by molar-refractivity contribution is 7.99. The highest BCUT2D eigenvalue weighted by atomic mass is 32.2. The third-order valence-corrected chi connectivity index (χ3v) is 13.1. The van der Waals surface area contributed by atoms with Crippen LogP contribution in [0.2, 0.25) is 0 Å². The van der Waals surface area contributed by atoms with Crippen molar-refractivity contribution in [3.05, 3.63) is 77.9 Å². The molecule has 9 atom stereocenters. The minimum Gasteiger partial charge on any atom is -0.443 e. The van der Waals surface area contributed by atoms with E-state index in [0.29, 0.717) is 0 Å². The summed E-state index contributed by atoms with van der Waals surface area (Å²) in [5.74, 6) is -5.12. The van der Waals surface area contributed by atoms with Gasteiger partial charge in [0.05, 0.1) is 11.7 Å². The Labute approximate surface area is 280 Å². The van der Waals surface area contributed by atoms with Crippen molar-refractivity contribution in [3.8, 4) is 0 Å². The van der Waals surface area contributed by atoms with Crippen LogP contribution in [0, 0.1) is 28.6 Å². The van der Waals surface area contributed by atoms with Crippen molar-refractivity contribution >= 4 is 41.2 Å². The number of benzene rings is 2. The van der Waals surface area contributed by atoms with Crippen LogP contribution in [0.25, 0.3) is 0 Å². The largest absolute Gasteiger partial charge is 0.443 e. The summed E-state index contributed by atoms with van der Waals surface area (Å²) < 4.78 is 58.1. The Morgan fingerprint density at radius 2 is 1.62 bits per heavy atom. The van der Waals surface area contributed by atoms with Gasteiger partial charge in [0.15, 0.2) is 11.5 Å². The second-order valence-corrected chi connectivity index (χ2v) is 15.5. The molecule has 2 aromatic carbocycles. The van der Waals surface area contributed by atoms with Crippen LogP contribution in [0.4, 0.5) is 13.2 Å². The first kappa shape index (κ1) is 33.9. The van der Waals surface area contributed by atoms with Crippen LogP contribution in [0.1, 0.15) is 50.4 Å². The van der Waals surface area contributed by atoms with Crippen LogP contribution in [-0.2, 0) is 19.1 Å². The van der Waals surface area contributed by atoms with Gasteiger partial charge in [-0.2, -0.15) is 0 Å². The molecule has 4 aliphatic carbocycles. The predicted octanol–water partition coefficient (Wildman–Crippen LogP) is 7.49. The van der Waals surface area contributed by atoms with E-state index in [1.165, 1.54) is 30.8 Å². The van der Waals surface area contributed by atoms with Crippen molar-refractivity contribution in [1.29, 1.82) is 0 Å². The maximum absolute atomic E-state index is 17.6. The molecule has 0 aromatic heterocycles. The van der Waals surface area contributed by atoms with Crippen molar-refractivity contribution in [2.24, 2.45) is 28.6 Å². The van der Waals surface area contributed by atoms with E-state index in [9.17, 15) is 23.9 Å². The highest BCUT2D eigenvalue weighted by Gasteiger charge is 2.78. The predicted molar refractivity (Wildman–Crippen MR) is 172 cm³/mol. The number of aliphatic hydroxyl groups excluding tert-OH is 1. The Morgan fingerprint density at radius 3 is 2.23 bits per heavy atom. The zero-order valence-electron chi connectivity index (χ0n) is 26.5. The van der Waals surface area contributed by atoms with E-state index >= 15 is 8.78 Å². The van der Waals surface area contributed by atoms with Gasteiger partial charge < -0.3 is 14.6 Å². The zero-order chi connectivity index (χ0) is 33.9. The molecule has 11 heteroatoms. The van der Waals surface area contributed by atoms with Gasteiger partial charge in [-0.05, 0) is 105 Å². The molecule has 4 aliphatic rings. The van der Waals surface area contributed by atoms with E-state index < -0.39 is 76.7 Å². The number of carbonyl (C=O) groups is 3. The van der Waals surface area contributed by atoms with Crippen molar-refractivity contribution in [1.82, 2.24) is 0 Å². The number of thioether (sulfide) groups is 1. The third kappa shape index (κ3) is 5.01. The molecule has 0 spiro atoms. The van der Waals surface area contributed by atoms with Gasteiger partial charge in [-0.1, -0.05) is 31.7 Å². The first-order valence-corrected chi connectivity index (χ1v) is 17.6. The second-order valence-electron chi connectivity index (χ2n) is 13.5. The number of hydrogen-bond acceptors (Lipinski definition) is 8. The molecule has 0 bridgehead atoms. The fourth-order valence-electron chi connectivity index (χ4n) is 9.02. The SMILES string of the molecule is CSc1ccc(Sc2ccc(C(=O)O[C@@]3(C(=O)OCF)[C@H](C)C[C@H]4[C@@H]5C[C@H](F)C6=CC(=O)C=C[C@]6(C)C5(F)[C@@H](O)C[C@@]43C)cc2)cc1. The molecule has 6 rings (SSSR count). The van der Waals surface area contributed by atoms with E-state index in [2.05, 4.69) is 0 Å². The zero-order valence-corrected chi connectivity index (χ0v) is 28.1. The number of ether oxygens (including phenoxy) is 2. The molecule has 2 aromatic rings. The van der Waals surface area contributed by atoms with Crippen LogP contribution < -0.4 is 0 Å². The Balaban J connectivity index is 1.33. The summed E-state index contributed by atoms with van der Waals surface area (Å²) in [7, 11) is 0. The molecular weight excluding hydrogens is 650 g/mol. The van der Waals surface area contributed by atoms with Crippen LogP contribution in [0.3, 0.4) is 0 Å². The summed E-state index contributed by atoms with van der Waals surface area (Å²) in [6.45, 7) is 3.26. The average Bonchev–Trinajstić information content (AvgIpc) is 3.26. The van der Waals surface area contributed by atoms with Crippen molar-refractivity contribution in [2.75, 3.05) is 13.1 Å². The van der Waals surface area contributed by atoms with Gasteiger partial charge in [0.2, 0.25) is 12.5 Å². The van der Waals surface area contributed by atoms with Crippen LogP contribution in [-0.4, -0.2) is 59.5 Å². The molecule has 47 heavy (non-hydrogen) atoms. The summed E-state index contributed by atoms with van der Waals surface area (Å²) in [5, 5.41) is 11.7. The van der Waals surface area contributed by atoms with E-state index in [4.69, 9.17) is 9.47 Å². The summed E-state index contributed by atoms with van der Waals surface area (Å²) in [6.07, 6.45) is 1.64. The number of ketones is 1. The van der Waals surface area contributed by atoms with E-state index in [-0.39, 0.29) is 30.4 Å². The van der Waals surface area contributed by atoms with E-state index in [1.54, 1.807) is 49.9 Å². The number of alkyl halides is 3. The lowest BCUT2D eigenvalue weighted by Crippen LogP contribution is -2.71. The monoisotopic (exact) mass is 686 g/mol. The van der Waals surface area contributed by atoms with Gasteiger partial charge in [0, 0.05) is 37.4 Å². The van der Waals surface area contributed by atoms with Gasteiger partial charge in [-0.25, -0.2) is 22.8 Å². The lowest BCUT2D eigenvalue weighted by molar-refractivity contribution is -0.232. The molecule has 1 unspecified atom stereocenters. The standard InChI is InChI=1S/C36H37F3O6S2/c1-20-15-26-27-17-29(38)28-16-22(40)13-14-33(28,2)35(27,39)30(41)18-34(26,3)36(20,32(43)44-19-37)45-31(42)21-5-7-24(8-6-21)47-25-11-9-23(46-4)10-12-25/h5-14,16,20,26-27,29-30,41H,15,17-19H2,1-4H3/t20-,26+,27+,29+,30+,33+,34+,35?,36-/m1/s1. The fraction of sp³-hybridized carbons (Fsp3) is 0.472. The number of hydrogen-bond donors (Lipinski definition) is 1. The lowest BCUT2D eigenvalue weighted by atomic mass is 9.44. The molecule has 0 amide bonds. The number of esters is 2. The Bertz CT molecular complexity index is 1650. The van der Waals surface area contributed by atoms with E-state index in [0.717, 1.165) is 20.8 Å². The smallest absolute Gasteiger partial charge is 0.353 e. The van der Waals surface area contributed by atoms with Crippen molar-refractivity contribution in [3.63, 3.8) is 0 Å². The summed E-state index contributed by atoms with van der Waals surface area (Å²) in [6, 6.07) is 14.7. The third-order valence-electron chi connectivity index (χ3n) is 11.3. The van der Waals surface area contributed by atoms with Crippen LogP contribution in [0.15, 0.2) is 87.0 Å². The first-order chi connectivity index (χ1) is 22.2. The minimum atomic E-state index is -2.39. The molecule has 0 heterocycles. The average molecular weight is 687 g/mol. The Hall–Kier alpha value is -3.02. The van der Waals surface area contributed by atoms with Gasteiger partial charge in [0.1, 0.15) is 6.17 Å². The first-order valence-electron chi connectivity index (χ1n) is 15.6. The number of carbonyl (C=O) groups excluding carboxylic acids is 3. The summed E-state index contributed by atoms with van der Waals surface area (Å²) >= 11 is 3.15. The summed E-state index contributed by atoms with van der Waals surface area (Å²) in [4.78, 5) is 42.7. The molecule has 6 nitrogen and oxygen atoms in total. The van der Waals surface area contributed by atoms with Gasteiger partial charge in [-0.15, -0.1) is 11.8 Å². The number of aliphatic hydroxyl groups is 1. The molecule has 0 radical (unpaired) electrons. The second kappa shape index (κ2) is 12.1. The van der Waals surface area contributed by atoms with Gasteiger partial charge >= 0.3 is 11.9 Å². The molecule has 3 fully saturated rings. The quantitative estimate of drug-likeness (QED) is 0.237. The highest BCUT2D eigenvalue weighted by Crippen LogP contribution is 2.71. The normalized spacial score (nSPS) is 37.3. The Morgan fingerprint density at radius 1 is 1.00 bits per heavy atom. The van der Waals surface area contributed by atoms with Crippen LogP contribution in [0.5, 0.6) is 0 Å². The maximum Gasteiger partial charge on any atom is 0.353 e. The molecule has 0 saturated heterocycles. The van der Waals surface area contributed by atoms with Crippen molar-refractivity contribution < 1.29 is 42.1 Å². The van der Waals surface area contributed by atoms with Gasteiger partial charge in [-0.3, -0.25) is 4.79 Å². The minimum absolute atomic E-state index is 0.0226. The van der Waals surface area contributed by atoms with E-state index in [1.807, 2.05) is 30.5 Å².